The lowest BCUT2D eigenvalue weighted by molar-refractivity contribution is -0.147. The lowest BCUT2D eigenvalue weighted by atomic mass is 10.2. The van der Waals surface area contributed by atoms with Crippen LogP contribution in [0.5, 0.6) is 0 Å². The van der Waals surface area contributed by atoms with Crippen molar-refractivity contribution in [2.24, 2.45) is 0 Å². The van der Waals surface area contributed by atoms with Crippen molar-refractivity contribution < 1.29 is 27.1 Å². The minimum Gasteiger partial charge on any atom is -0.465 e. The molecule has 1 aromatic carbocycles. The summed E-state index contributed by atoms with van der Waals surface area (Å²) in [6.45, 7) is 1.60. The second kappa shape index (κ2) is 7.65. The van der Waals surface area contributed by atoms with E-state index in [4.69, 9.17) is 4.74 Å². The van der Waals surface area contributed by atoms with Gasteiger partial charge in [0.1, 0.15) is 5.82 Å². The number of carbonyl (C=O) groups excluding carboxylic acids is 1. The SMILES string of the molecule is CCOC(=O)CSc1nnc(C(F)(F)F)n1Cc1ccc(F)cc1. The Morgan fingerprint density at radius 3 is 2.50 bits per heavy atom. The van der Waals surface area contributed by atoms with Crippen LogP contribution in [0.1, 0.15) is 18.3 Å². The molecule has 0 aliphatic rings. The number of rotatable bonds is 6. The van der Waals surface area contributed by atoms with E-state index >= 15 is 0 Å². The van der Waals surface area contributed by atoms with Gasteiger partial charge in [0.15, 0.2) is 5.16 Å². The van der Waals surface area contributed by atoms with Crippen molar-refractivity contribution in [2.75, 3.05) is 12.4 Å². The van der Waals surface area contributed by atoms with Gasteiger partial charge in [-0.15, -0.1) is 10.2 Å². The van der Waals surface area contributed by atoms with Crippen LogP contribution in [-0.2, 0) is 22.3 Å². The molecule has 0 amide bonds. The van der Waals surface area contributed by atoms with Crippen LogP contribution >= 0.6 is 11.8 Å². The molecule has 2 aromatic rings. The Bertz CT molecular complexity index is 701. The maximum Gasteiger partial charge on any atom is 0.451 e. The average Bonchev–Trinajstić information content (AvgIpc) is 2.91. The molecule has 10 heteroatoms. The Morgan fingerprint density at radius 1 is 1.25 bits per heavy atom. The lowest BCUT2D eigenvalue weighted by Crippen LogP contribution is -2.16. The Morgan fingerprint density at radius 2 is 1.92 bits per heavy atom. The van der Waals surface area contributed by atoms with Crippen molar-refractivity contribution in [2.45, 2.75) is 24.8 Å². The predicted molar refractivity (Wildman–Crippen MR) is 77.9 cm³/mol. The Hall–Kier alpha value is -2.10. The molecular weight excluding hydrogens is 350 g/mol. The number of hydrogen-bond donors (Lipinski definition) is 0. The van der Waals surface area contributed by atoms with E-state index in [1.165, 1.54) is 12.1 Å². The summed E-state index contributed by atoms with van der Waals surface area (Å²) in [5.41, 5.74) is 0.444. The third-order valence-electron chi connectivity index (χ3n) is 2.85. The van der Waals surface area contributed by atoms with E-state index in [0.29, 0.717) is 5.56 Å². The normalized spacial score (nSPS) is 11.5. The highest BCUT2D eigenvalue weighted by Gasteiger charge is 2.38. The van der Waals surface area contributed by atoms with Crippen LogP contribution in [0.25, 0.3) is 0 Å². The van der Waals surface area contributed by atoms with Crippen LogP contribution in [0.3, 0.4) is 0 Å². The molecule has 1 heterocycles. The van der Waals surface area contributed by atoms with Crippen LogP contribution < -0.4 is 0 Å². The third kappa shape index (κ3) is 4.70. The number of thioether (sulfide) groups is 1. The van der Waals surface area contributed by atoms with Crippen LogP contribution in [-0.4, -0.2) is 33.1 Å². The van der Waals surface area contributed by atoms with Crippen molar-refractivity contribution in [3.8, 4) is 0 Å². The fourth-order valence-corrected chi connectivity index (χ4v) is 2.58. The predicted octanol–water partition coefficient (Wildman–Crippen LogP) is 3.14. The van der Waals surface area contributed by atoms with Crippen molar-refractivity contribution in [1.29, 1.82) is 0 Å². The number of halogens is 4. The summed E-state index contributed by atoms with van der Waals surface area (Å²) in [6.07, 6.45) is -4.70. The van der Waals surface area contributed by atoms with Gasteiger partial charge in [0.25, 0.3) is 0 Å². The summed E-state index contributed by atoms with van der Waals surface area (Å²) in [5, 5.41) is 6.60. The maximum absolute atomic E-state index is 13.1. The molecule has 2 rings (SSSR count). The number of carbonyl (C=O) groups is 1. The first-order valence-corrected chi connectivity index (χ1v) is 7.83. The quantitative estimate of drug-likeness (QED) is 0.448. The van der Waals surface area contributed by atoms with E-state index < -0.39 is 23.8 Å². The van der Waals surface area contributed by atoms with Crippen LogP contribution in [0.2, 0.25) is 0 Å². The van der Waals surface area contributed by atoms with Crippen molar-refractivity contribution in [3.63, 3.8) is 0 Å². The summed E-state index contributed by atoms with van der Waals surface area (Å²) in [6, 6.07) is 5.04. The topological polar surface area (TPSA) is 57.0 Å². The summed E-state index contributed by atoms with van der Waals surface area (Å²) < 4.78 is 57.7. The van der Waals surface area contributed by atoms with E-state index in [1.807, 2.05) is 0 Å². The van der Waals surface area contributed by atoms with Gasteiger partial charge in [-0.1, -0.05) is 23.9 Å². The molecule has 0 saturated heterocycles. The van der Waals surface area contributed by atoms with Gasteiger partial charge in [-0.25, -0.2) is 4.39 Å². The highest BCUT2D eigenvalue weighted by Crippen LogP contribution is 2.31. The monoisotopic (exact) mass is 363 g/mol. The largest absolute Gasteiger partial charge is 0.465 e. The molecule has 0 bridgehead atoms. The number of nitrogens with zero attached hydrogens (tertiary/aromatic N) is 3. The molecule has 0 aliphatic carbocycles. The summed E-state index contributed by atoms with van der Waals surface area (Å²) in [5.74, 6) is -2.42. The molecule has 0 radical (unpaired) electrons. The van der Waals surface area contributed by atoms with Gasteiger partial charge >= 0.3 is 12.1 Å². The van der Waals surface area contributed by atoms with Gasteiger partial charge in [-0.2, -0.15) is 13.2 Å². The Balaban J connectivity index is 2.26. The molecule has 130 valence electrons. The molecular formula is C14H13F4N3O2S. The van der Waals surface area contributed by atoms with Crippen LogP contribution in [0.4, 0.5) is 17.6 Å². The highest BCUT2D eigenvalue weighted by molar-refractivity contribution is 7.99. The summed E-state index contributed by atoms with van der Waals surface area (Å²) in [4.78, 5) is 11.4. The number of aromatic nitrogens is 3. The Kier molecular flexibility index (Phi) is 5.81. The number of alkyl halides is 3. The van der Waals surface area contributed by atoms with E-state index in [1.54, 1.807) is 6.92 Å². The van der Waals surface area contributed by atoms with Gasteiger partial charge < -0.3 is 4.74 Å². The minimum absolute atomic E-state index is 0.0697. The minimum atomic E-state index is -4.70. The number of hydrogen-bond acceptors (Lipinski definition) is 5. The fraction of sp³-hybridized carbons (Fsp3) is 0.357. The van der Waals surface area contributed by atoms with Crippen molar-refractivity contribution in [1.82, 2.24) is 14.8 Å². The standard InChI is InChI=1S/C14H13F4N3O2S/c1-2-23-11(22)8-24-13-20-19-12(14(16,17)18)21(13)7-9-3-5-10(15)6-4-9/h3-6H,2,7-8H2,1H3. The van der Waals surface area contributed by atoms with Gasteiger partial charge in [0.05, 0.1) is 18.9 Å². The van der Waals surface area contributed by atoms with Gasteiger partial charge in [-0.3, -0.25) is 9.36 Å². The van der Waals surface area contributed by atoms with Crippen LogP contribution in [0.15, 0.2) is 29.4 Å². The Labute approximate surface area is 139 Å². The molecule has 0 atom stereocenters. The third-order valence-corrected chi connectivity index (χ3v) is 3.79. The number of benzene rings is 1. The average molecular weight is 363 g/mol. The van der Waals surface area contributed by atoms with E-state index in [-0.39, 0.29) is 24.1 Å². The number of esters is 1. The zero-order valence-corrected chi connectivity index (χ0v) is 13.3. The second-order valence-corrected chi connectivity index (χ2v) is 5.55. The van der Waals surface area contributed by atoms with E-state index in [0.717, 1.165) is 28.5 Å². The van der Waals surface area contributed by atoms with Gasteiger partial charge in [-0.05, 0) is 24.6 Å². The molecule has 0 aliphatic heterocycles. The zero-order chi connectivity index (χ0) is 17.7. The zero-order valence-electron chi connectivity index (χ0n) is 12.5. The molecule has 0 unspecified atom stereocenters. The van der Waals surface area contributed by atoms with E-state index in [2.05, 4.69) is 10.2 Å². The molecule has 0 saturated carbocycles. The van der Waals surface area contributed by atoms with E-state index in [9.17, 15) is 22.4 Å². The smallest absolute Gasteiger partial charge is 0.451 e. The second-order valence-electron chi connectivity index (χ2n) is 4.61. The summed E-state index contributed by atoms with van der Waals surface area (Å²) in [7, 11) is 0. The highest BCUT2D eigenvalue weighted by atomic mass is 32.2. The molecule has 24 heavy (non-hydrogen) atoms. The first-order valence-electron chi connectivity index (χ1n) is 6.84. The molecule has 0 fully saturated rings. The van der Waals surface area contributed by atoms with Crippen molar-refractivity contribution >= 4 is 17.7 Å². The molecule has 5 nitrogen and oxygen atoms in total. The maximum atomic E-state index is 13.1. The summed E-state index contributed by atoms with van der Waals surface area (Å²) >= 11 is 0.795. The molecule has 0 N–H and O–H groups in total. The van der Waals surface area contributed by atoms with Crippen LogP contribution in [0, 0.1) is 5.82 Å². The van der Waals surface area contributed by atoms with Gasteiger partial charge in [0, 0.05) is 0 Å². The fourth-order valence-electron chi connectivity index (χ4n) is 1.85. The van der Waals surface area contributed by atoms with Gasteiger partial charge in [0.2, 0.25) is 5.82 Å². The molecule has 1 aromatic heterocycles. The lowest BCUT2D eigenvalue weighted by Gasteiger charge is -2.12. The number of ether oxygens (including phenoxy) is 1. The first-order chi connectivity index (χ1) is 11.3. The van der Waals surface area contributed by atoms with Crippen molar-refractivity contribution in [3.05, 3.63) is 41.5 Å². The molecule has 0 spiro atoms. The first kappa shape index (κ1) is 18.2.